The first kappa shape index (κ1) is 20.4. The standard InChI is InChI=1S/C19H23F2N3O3S/c1-24-8-7-18(23-24)22-19(25)15(9-12-10-16(20)17(21)11-12)13-3-5-14(6-4-13)28(2,26)27/h3-8,12,15-17H,9-11H2,1-2H3,(H,22,23,25)/t15-,16-,17-/m1/s1. The van der Waals surface area contributed by atoms with E-state index >= 15 is 0 Å². The van der Waals surface area contributed by atoms with Gasteiger partial charge in [-0.15, -0.1) is 0 Å². The van der Waals surface area contributed by atoms with Crippen molar-refractivity contribution in [2.75, 3.05) is 11.6 Å². The molecule has 1 heterocycles. The van der Waals surface area contributed by atoms with E-state index in [1.54, 1.807) is 36.1 Å². The van der Waals surface area contributed by atoms with Crippen LogP contribution in [0.1, 0.15) is 30.7 Å². The number of nitrogens with one attached hydrogen (secondary N) is 1. The summed E-state index contributed by atoms with van der Waals surface area (Å²) in [6.45, 7) is 0. The number of benzene rings is 1. The molecule has 1 fully saturated rings. The van der Waals surface area contributed by atoms with E-state index in [1.165, 1.54) is 12.1 Å². The summed E-state index contributed by atoms with van der Waals surface area (Å²) in [5, 5.41) is 6.84. The smallest absolute Gasteiger partial charge is 0.233 e. The predicted octanol–water partition coefficient (Wildman–Crippen LogP) is 3.02. The Morgan fingerprint density at radius 2 is 1.82 bits per heavy atom. The summed E-state index contributed by atoms with van der Waals surface area (Å²) in [4.78, 5) is 13.0. The van der Waals surface area contributed by atoms with E-state index < -0.39 is 28.1 Å². The van der Waals surface area contributed by atoms with Gasteiger partial charge in [0.2, 0.25) is 5.91 Å². The summed E-state index contributed by atoms with van der Waals surface area (Å²) >= 11 is 0. The van der Waals surface area contributed by atoms with E-state index in [0.29, 0.717) is 11.4 Å². The van der Waals surface area contributed by atoms with Gasteiger partial charge < -0.3 is 5.32 Å². The molecule has 1 amide bonds. The summed E-state index contributed by atoms with van der Waals surface area (Å²) in [5.74, 6) is -0.899. The number of sulfone groups is 1. The minimum absolute atomic E-state index is 0.0793. The highest BCUT2D eigenvalue weighted by Crippen LogP contribution is 2.38. The maximum Gasteiger partial charge on any atom is 0.233 e. The number of anilines is 1. The quantitative estimate of drug-likeness (QED) is 0.792. The number of halogens is 2. The third kappa shape index (κ3) is 4.76. The highest BCUT2D eigenvalue weighted by Gasteiger charge is 2.37. The lowest BCUT2D eigenvalue weighted by molar-refractivity contribution is -0.118. The first-order chi connectivity index (χ1) is 13.1. The van der Waals surface area contributed by atoms with Crippen molar-refractivity contribution in [3.63, 3.8) is 0 Å². The maximum atomic E-state index is 13.6. The van der Waals surface area contributed by atoms with Crippen LogP contribution in [-0.4, -0.2) is 42.7 Å². The molecule has 0 radical (unpaired) electrons. The number of alkyl halides is 2. The predicted molar refractivity (Wildman–Crippen MR) is 101 cm³/mol. The van der Waals surface area contributed by atoms with Gasteiger partial charge in [-0.05, 0) is 42.9 Å². The van der Waals surface area contributed by atoms with Gasteiger partial charge in [0.05, 0.1) is 10.8 Å². The molecular weight excluding hydrogens is 388 g/mol. The zero-order chi connectivity index (χ0) is 20.5. The minimum atomic E-state index is -3.36. The van der Waals surface area contributed by atoms with Crippen LogP contribution in [0.15, 0.2) is 41.4 Å². The Morgan fingerprint density at radius 3 is 2.32 bits per heavy atom. The summed E-state index contributed by atoms with van der Waals surface area (Å²) < 4.78 is 52.1. The first-order valence-corrected chi connectivity index (χ1v) is 10.9. The van der Waals surface area contributed by atoms with Crippen molar-refractivity contribution in [2.45, 2.75) is 42.4 Å². The third-order valence-corrected chi connectivity index (χ3v) is 6.20. The van der Waals surface area contributed by atoms with Crippen molar-refractivity contribution in [1.29, 1.82) is 0 Å². The Bertz CT molecular complexity index is 934. The molecule has 2 aromatic rings. The summed E-state index contributed by atoms with van der Waals surface area (Å²) in [6, 6.07) is 7.68. The molecule has 152 valence electrons. The van der Waals surface area contributed by atoms with Gasteiger partial charge in [-0.25, -0.2) is 17.2 Å². The number of rotatable bonds is 6. The third-order valence-electron chi connectivity index (χ3n) is 5.07. The topological polar surface area (TPSA) is 81.1 Å². The lowest BCUT2D eigenvalue weighted by atomic mass is 9.87. The van der Waals surface area contributed by atoms with Crippen molar-refractivity contribution in [3.05, 3.63) is 42.1 Å². The van der Waals surface area contributed by atoms with E-state index in [0.717, 1.165) is 6.26 Å². The molecule has 3 rings (SSSR count). The molecule has 1 aliphatic carbocycles. The Morgan fingerprint density at radius 1 is 1.21 bits per heavy atom. The summed E-state index contributed by atoms with van der Waals surface area (Å²) in [7, 11) is -1.64. The Balaban J connectivity index is 1.84. The molecule has 9 heteroatoms. The second-order valence-electron chi connectivity index (χ2n) is 7.36. The molecule has 1 aromatic heterocycles. The van der Waals surface area contributed by atoms with Gasteiger partial charge in [-0.2, -0.15) is 5.10 Å². The van der Waals surface area contributed by atoms with Gasteiger partial charge in [-0.1, -0.05) is 12.1 Å². The number of amides is 1. The van der Waals surface area contributed by atoms with Crippen molar-refractivity contribution in [3.8, 4) is 0 Å². The van der Waals surface area contributed by atoms with Gasteiger partial charge in [0, 0.05) is 25.6 Å². The number of aromatic nitrogens is 2. The van der Waals surface area contributed by atoms with Crippen LogP contribution in [0.25, 0.3) is 0 Å². The molecule has 0 spiro atoms. The summed E-state index contributed by atoms with van der Waals surface area (Å²) in [5.41, 5.74) is 0.596. The van der Waals surface area contributed by atoms with Gasteiger partial charge in [-0.3, -0.25) is 9.48 Å². The molecule has 1 aromatic carbocycles. The molecular formula is C19H23F2N3O3S. The number of carbonyl (C=O) groups is 1. The number of aryl methyl sites for hydroxylation is 1. The minimum Gasteiger partial charge on any atom is -0.309 e. The fourth-order valence-corrected chi connectivity index (χ4v) is 4.22. The van der Waals surface area contributed by atoms with Crippen molar-refractivity contribution < 1.29 is 22.0 Å². The van der Waals surface area contributed by atoms with Crippen molar-refractivity contribution in [2.24, 2.45) is 13.0 Å². The average Bonchev–Trinajstić information content (AvgIpc) is 3.17. The summed E-state index contributed by atoms with van der Waals surface area (Å²) in [6.07, 6.45) is 0.219. The molecule has 1 saturated carbocycles. The SMILES string of the molecule is Cn1ccc(NC(=O)[C@H](CC2C[C@@H](F)[C@H](F)C2)c2ccc(S(C)(=O)=O)cc2)n1. The fraction of sp³-hybridized carbons (Fsp3) is 0.474. The Labute approximate surface area is 162 Å². The number of carbonyl (C=O) groups excluding carboxylic acids is 1. The van der Waals surface area contributed by atoms with Crippen molar-refractivity contribution >= 4 is 21.6 Å². The van der Waals surface area contributed by atoms with Crippen LogP contribution < -0.4 is 5.32 Å². The number of hydrogen-bond donors (Lipinski definition) is 1. The van der Waals surface area contributed by atoms with Crippen LogP contribution in [0, 0.1) is 5.92 Å². The maximum absolute atomic E-state index is 13.6. The largest absolute Gasteiger partial charge is 0.309 e. The Hall–Kier alpha value is -2.29. The lowest BCUT2D eigenvalue weighted by Crippen LogP contribution is -2.23. The molecule has 1 N–H and O–H groups in total. The normalized spacial score (nSPS) is 21.6. The Kier molecular flexibility index (Phi) is 5.83. The highest BCUT2D eigenvalue weighted by atomic mass is 32.2. The van der Waals surface area contributed by atoms with E-state index in [-0.39, 0.29) is 36.0 Å². The molecule has 3 atom stereocenters. The van der Waals surface area contributed by atoms with Crippen LogP contribution in [0.3, 0.4) is 0 Å². The van der Waals surface area contributed by atoms with Gasteiger partial charge in [0.1, 0.15) is 12.3 Å². The van der Waals surface area contributed by atoms with Crippen LogP contribution in [0.2, 0.25) is 0 Å². The average molecular weight is 411 g/mol. The van der Waals surface area contributed by atoms with Crippen LogP contribution in [0.4, 0.5) is 14.6 Å². The first-order valence-electron chi connectivity index (χ1n) is 9.02. The van der Waals surface area contributed by atoms with Gasteiger partial charge in [0.25, 0.3) is 0 Å². The van der Waals surface area contributed by atoms with E-state index in [2.05, 4.69) is 10.4 Å². The highest BCUT2D eigenvalue weighted by molar-refractivity contribution is 7.90. The van der Waals surface area contributed by atoms with Gasteiger partial charge >= 0.3 is 0 Å². The lowest BCUT2D eigenvalue weighted by Gasteiger charge is -2.20. The molecule has 0 bridgehead atoms. The zero-order valence-electron chi connectivity index (χ0n) is 15.7. The number of hydrogen-bond acceptors (Lipinski definition) is 4. The molecule has 0 unspecified atom stereocenters. The molecule has 1 aliphatic rings. The van der Waals surface area contributed by atoms with E-state index in [1.807, 2.05) is 0 Å². The second-order valence-corrected chi connectivity index (χ2v) is 9.38. The van der Waals surface area contributed by atoms with Crippen LogP contribution in [-0.2, 0) is 21.7 Å². The monoisotopic (exact) mass is 411 g/mol. The molecule has 6 nitrogen and oxygen atoms in total. The second kappa shape index (κ2) is 7.98. The molecule has 0 saturated heterocycles. The molecule has 28 heavy (non-hydrogen) atoms. The fourth-order valence-electron chi connectivity index (χ4n) is 3.59. The van der Waals surface area contributed by atoms with Crippen LogP contribution >= 0.6 is 0 Å². The van der Waals surface area contributed by atoms with E-state index in [9.17, 15) is 22.0 Å². The van der Waals surface area contributed by atoms with Crippen molar-refractivity contribution in [1.82, 2.24) is 9.78 Å². The molecule has 0 aliphatic heterocycles. The van der Waals surface area contributed by atoms with Crippen LogP contribution in [0.5, 0.6) is 0 Å². The zero-order valence-corrected chi connectivity index (χ0v) is 16.5. The number of nitrogens with zero attached hydrogens (tertiary/aromatic N) is 2. The van der Waals surface area contributed by atoms with E-state index in [4.69, 9.17) is 0 Å². The van der Waals surface area contributed by atoms with Gasteiger partial charge in [0.15, 0.2) is 15.7 Å².